The zero-order valence-electron chi connectivity index (χ0n) is 17.3. The Labute approximate surface area is 176 Å². The lowest BCUT2D eigenvalue weighted by molar-refractivity contribution is -0.133. The van der Waals surface area contributed by atoms with Gasteiger partial charge in [-0.15, -0.1) is 0 Å². The second-order valence-corrected chi connectivity index (χ2v) is 7.26. The Bertz CT molecular complexity index is 1020. The van der Waals surface area contributed by atoms with Gasteiger partial charge in [0.25, 0.3) is 0 Å². The number of nitrogens with zero attached hydrogens (tertiary/aromatic N) is 1. The van der Waals surface area contributed by atoms with Crippen molar-refractivity contribution in [2.24, 2.45) is 5.84 Å². The average Bonchev–Trinajstić information content (AvgIpc) is 2.80. The van der Waals surface area contributed by atoms with Crippen molar-refractivity contribution in [1.29, 1.82) is 0 Å². The highest BCUT2D eigenvalue weighted by molar-refractivity contribution is 5.88. The number of carbonyl (C=O) groups is 2. The smallest absolute Gasteiger partial charge is 0.235 e. The summed E-state index contributed by atoms with van der Waals surface area (Å²) in [5.41, 5.74) is 4.07. The molecular weight excluding hydrogens is 378 g/mol. The molecule has 3 N–H and O–H groups in total. The van der Waals surface area contributed by atoms with Crippen LogP contribution in [0.3, 0.4) is 0 Å². The van der Waals surface area contributed by atoms with E-state index in [9.17, 15) is 9.59 Å². The maximum absolute atomic E-state index is 13.3. The first-order chi connectivity index (χ1) is 14.5. The van der Waals surface area contributed by atoms with Gasteiger partial charge < -0.3 is 9.64 Å². The maximum Gasteiger partial charge on any atom is 0.235 e. The van der Waals surface area contributed by atoms with Crippen LogP contribution in [0.5, 0.6) is 5.75 Å². The Morgan fingerprint density at radius 2 is 1.73 bits per heavy atom. The first kappa shape index (κ1) is 21.3. The minimum Gasteiger partial charge on any atom is -0.497 e. The summed E-state index contributed by atoms with van der Waals surface area (Å²) in [4.78, 5) is 26.7. The number of ether oxygens (including phenoxy) is 1. The highest BCUT2D eigenvalue weighted by atomic mass is 16.5. The number of hydrogen-bond donors (Lipinski definition) is 2. The molecular formula is C24H27N3O3. The third kappa shape index (κ3) is 5.15. The zero-order chi connectivity index (χ0) is 21.5. The molecule has 0 bridgehead atoms. The molecule has 0 aromatic heterocycles. The lowest BCUT2D eigenvalue weighted by Crippen LogP contribution is -2.38. The van der Waals surface area contributed by atoms with Gasteiger partial charge in [0.1, 0.15) is 5.75 Å². The normalized spacial score (nSPS) is 11.7. The van der Waals surface area contributed by atoms with E-state index in [-0.39, 0.29) is 24.2 Å². The molecule has 0 saturated heterocycles. The van der Waals surface area contributed by atoms with Gasteiger partial charge in [-0.3, -0.25) is 15.0 Å². The summed E-state index contributed by atoms with van der Waals surface area (Å²) >= 11 is 0. The van der Waals surface area contributed by atoms with E-state index in [2.05, 4.69) is 5.43 Å². The van der Waals surface area contributed by atoms with Crippen LogP contribution in [-0.2, 0) is 16.1 Å². The Kier molecular flexibility index (Phi) is 7.03. The van der Waals surface area contributed by atoms with Gasteiger partial charge in [-0.1, -0.05) is 54.6 Å². The van der Waals surface area contributed by atoms with Crippen molar-refractivity contribution >= 4 is 22.6 Å². The lowest BCUT2D eigenvalue weighted by Gasteiger charge is -2.26. The summed E-state index contributed by atoms with van der Waals surface area (Å²) in [5.74, 6) is 5.32. The predicted octanol–water partition coefficient (Wildman–Crippen LogP) is 3.36. The van der Waals surface area contributed by atoms with E-state index >= 15 is 0 Å². The Morgan fingerprint density at radius 3 is 2.43 bits per heavy atom. The summed E-state index contributed by atoms with van der Waals surface area (Å²) in [6, 6.07) is 21.6. The first-order valence-corrected chi connectivity index (χ1v) is 9.91. The van der Waals surface area contributed by atoms with E-state index in [1.165, 1.54) is 0 Å². The summed E-state index contributed by atoms with van der Waals surface area (Å²) in [6.07, 6.45) is 0.152. The summed E-state index contributed by atoms with van der Waals surface area (Å²) in [5, 5.41) is 2.10. The second kappa shape index (κ2) is 9.89. The van der Waals surface area contributed by atoms with Crippen molar-refractivity contribution in [1.82, 2.24) is 10.3 Å². The molecule has 0 aliphatic rings. The predicted molar refractivity (Wildman–Crippen MR) is 118 cm³/mol. The van der Waals surface area contributed by atoms with Crippen molar-refractivity contribution in [3.8, 4) is 5.75 Å². The zero-order valence-corrected chi connectivity index (χ0v) is 17.3. The number of amides is 2. The molecule has 0 saturated carbocycles. The molecule has 156 valence electrons. The van der Waals surface area contributed by atoms with Gasteiger partial charge >= 0.3 is 0 Å². The summed E-state index contributed by atoms with van der Waals surface area (Å²) in [7, 11) is 1.64. The Morgan fingerprint density at radius 1 is 1.03 bits per heavy atom. The highest BCUT2D eigenvalue weighted by Gasteiger charge is 2.23. The van der Waals surface area contributed by atoms with Crippen LogP contribution < -0.4 is 16.0 Å². The fraction of sp³-hybridized carbons (Fsp3) is 0.250. The van der Waals surface area contributed by atoms with Crippen molar-refractivity contribution in [3.63, 3.8) is 0 Å². The van der Waals surface area contributed by atoms with Crippen LogP contribution in [-0.4, -0.2) is 30.4 Å². The number of fused-ring (bicyclic) bond motifs is 1. The van der Waals surface area contributed by atoms with Crippen molar-refractivity contribution in [2.75, 3.05) is 13.7 Å². The Hall–Kier alpha value is -3.38. The number of hydrogen-bond acceptors (Lipinski definition) is 4. The average molecular weight is 405 g/mol. The molecule has 0 aliphatic heterocycles. The van der Waals surface area contributed by atoms with E-state index in [0.717, 1.165) is 27.6 Å². The second-order valence-electron chi connectivity index (χ2n) is 7.26. The molecule has 0 aliphatic carbocycles. The van der Waals surface area contributed by atoms with E-state index in [4.69, 9.17) is 10.6 Å². The van der Waals surface area contributed by atoms with Gasteiger partial charge in [-0.25, -0.2) is 5.84 Å². The molecule has 3 aromatic carbocycles. The topological polar surface area (TPSA) is 84.7 Å². The minimum absolute atomic E-state index is 0.0310. The van der Waals surface area contributed by atoms with Crippen LogP contribution >= 0.6 is 0 Å². The van der Waals surface area contributed by atoms with Gasteiger partial charge in [0.05, 0.1) is 13.0 Å². The molecule has 6 nitrogen and oxygen atoms in total. The number of carbonyl (C=O) groups excluding carboxylic acids is 2. The third-order valence-electron chi connectivity index (χ3n) is 5.24. The molecule has 1 atom stereocenters. The van der Waals surface area contributed by atoms with Crippen LogP contribution in [0.2, 0.25) is 0 Å². The number of nitrogens with two attached hydrogens (primary N) is 1. The molecule has 0 spiro atoms. The number of nitrogens with one attached hydrogen (secondary N) is 1. The standard InChI is InChI=1S/C24H27N3O3/c1-17(19-8-9-21-15-22(30-2)11-10-20(21)14-19)24(29)27(13-12-23(28)26-25)16-18-6-4-3-5-7-18/h3-11,14-15,17H,12-13,16,25H2,1-2H3,(H,26,28). The van der Waals surface area contributed by atoms with Crippen LogP contribution in [0.1, 0.15) is 30.4 Å². The third-order valence-corrected chi connectivity index (χ3v) is 5.24. The van der Waals surface area contributed by atoms with Gasteiger partial charge in [0.15, 0.2) is 0 Å². The molecule has 0 heterocycles. The minimum atomic E-state index is -0.346. The number of benzene rings is 3. The van der Waals surface area contributed by atoms with Gasteiger partial charge in [0.2, 0.25) is 11.8 Å². The quantitative estimate of drug-likeness (QED) is 0.342. The molecule has 0 radical (unpaired) electrons. The van der Waals surface area contributed by atoms with Crippen LogP contribution in [0, 0.1) is 0 Å². The van der Waals surface area contributed by atoms with E-state index in [0.29, 0.717) is 13.1 Å². The summed E-state index contributed by atoms with van der Waals surface area (Å²) < 4.78 is 5.28. The molecule has 2 amide bonds. The molecule has 1 unspecified atom stereocenters. The fourth-order valence-corrected chi connectivity index (χ4v) is 3.43. The van der Waals surface area contributed by atoms with E-state index in [1.54, 1.807) is 12.0 Å². The van der Waals surface area contributed by atoms with E-state index < -0.39 is 0 Å². The number of methoxy groups -OCH3 is 1. The van der Waals surface area contributed by atoms with Crippen molar-refractivity contribution < 1.29 is 14.3 Å². The molecule has 3 rings (SSSR count). The fourth-order valence-electron chi connectivity index (χ4n) is 3.43. The van der Waals surface area contributed by atoms with Crippen LogP contribution in [0.4, 0.5) is 0 Å². The molecule has 0 fully saturated rings. The largest absolute Gasteiger partial charge is 0.497 e. The monoisotopic (exact) mass is 405 g/mol. The van der Waals surface area contributed by atoms with Crippen LogP contribution in [0.15, 0.2) is 66.7 Å². The SMILES string of the molecule is COc1ccc2cc(C(C)C(=O)N(CCC(=O)NN)Cc3ccccc3)ccc2c1. The highest BCUT2D eigenvalue weighted by Crippen LogP contribution is 2.26. The molecule has 30 heavy (non-hydrogen) atoms. The van der Waals surface area contributed by atoms with Crippen LogP contribution in [0.25, 0.3) is 10.8 Å². The maximum atomic E-state index is 13.3. The summed E-state index contributed by atoms with van der Waals surface area (Å²) in [6.45, 7) is 2.63. The number of hydrazine groups is 1. The molecule has 6 heteroatoms. The number of rotatable bonds is 8. The van der Waals surface area contributed by atoms with Gasteiger partial charge in [-0.2, -0.15) is 0 Å². The Balaban J connectivity index is 1.82. The first-order valence-electron chi connectivity index (χ1n) is 9.91. The van der Waals surface area contributed by atoms with Gasteiger partial charge in [0, 0.05) is 19.5 Å². The lowest BCUT2D eigenvalue weighted by atomic mass is 9.96. The van der Waals surface area contributed by atoms with Gasteiger partial charge in [-0.05, 0) is 41.0 Å². The van der Waals surface area contributed by atoms with E-state index in [1.807, 2.05) is 73.7 Å². The van der Waals surface area contributed by atoms with Crippen molar-refractivity contribution in [2.45, 2.75) is 25.8 Å². The van der Waals surface area contributed by atoms with Crippen molar-refractivity contribution in [3.05, 3.63) is 77.9 Å². The molecule has 3 aromatic rings.